The van der Waals surface area contributed by atoms with E-state index in [9.17, 15) is 9.35 Å². The highest BCUT2D eigenvalue weighted by molar-refractivity contribution is 7.90. The van der Waals surface area contributed by atoms with Crippen molar-refractivity contribution in [3.8, 4) is 16.9 Å². The standard InChI is InChI=1S/C23H25N5O3S/c1-25-10-15(9-24)22-26-11-18-21(27-22)19(12-28(2)23(18)29)17-8-16(32(3)30)6-7-20(17)31-13-14-4-5-14/h6-12,14,24-25H,4-5,13H2,1-3H3/b15-10+,24-9?. The number of fused-ring (bicyclic) bond motifs is 1. The first-order chi connectivity index (χ1) is 15.4. The van der Waals surface area contributed by atoms with Crippen molar-refractivity contribution in [2.24, 2.45) is 13.0 Å². The summed E-state index contributed by atoms with van der Waals surface area (Å²) in [6, 6.07) is 5.47. The molecule has 0 bridgehead atoms. The molecule has 0 radical (unpaired) electrons. The van der Waals surface area contributed by atoms with Crippen LogP contribution in [0.25, 0.3) is 27.6 Å². The lowest BCUT2D eigenvalue weighted by Gasteiger charge is -2.16. The average Bonchev–Trinajstić information content (AvgIpc) is 3.62. The minimum absolute atomic E-state index is 0.222. The number of aromatic nitrogens is 3. The summed E-state index contributed by atoms with van der Waals surface area (Å²) in [5, 5.41) is 10.9. The number of nitrogens with one attached hydrogen (secondary N) is 2. The van der Waals surface area contributed by atoms with Crippen LogP contribution in [0, 0.1) is 11.3 Å². The van der Waals surface area contributed by atoms with Gasteiger partial charge in [-0.3, -0.25) is 4.79 Å². The second-order valence-electron chi connectivity index (χ2n) is 7.81. The molecule has 1 aromatic carbocycles. The van der Waals surface area contributed by atoms with Gasteiger partial charge in [-0.2, -0.15) is 0 Å². The molecule has 166 valence electrons. The summed E-state index contributed by atoms with van der Waals surface area (Å²) >= 11 is -1.18. The van der Waals surface area contributed by atoms with E-state index in [1.165, 1.54) is 10.8 Å². The van der Waals surface area contributed by atoms with Gasteiger partial charge in [-0.15, -0.1) is 0 Å². The van der Waals surface area contributed by atoms with Gasteiger partial charge in [0.1, 0.15) is 12.0 Å². The van der Waals surface area contributed by atoms with E-state index in [1.807, 2.05) is 12.1 Å². The van der Waals surface area contributed by atoms with Crippen molar-refractivity contribution in [2.45, 2.75) is 17.7 Å². The molecule has 1 aliphatic rings. The second kappa shape index (κ2) is 9.13. The maximum atomic E-state index is 12.8. The van der Waals surface area contributed by atoms with Crippen molar-refractivity contribution in [1.82, 2.24) is 19.9 Å². The Hall–Kier alpha value is -3.17. The first-order valence-electron chi connectivity index (χ1n) is 10.3. The molecule has 1 atom stereocenters. The molecule has 0 amide bonds. The van der Waals surface area contributed by atoms with Gasteiger partial charge in [0.05, 0.1) is 23.1 Å². The third-order valence-electron chi connectivity index (χ3n) is 5.38. The van der Waals surface area contributed by atoms with Gasteiger partial charge >= 0.3 is 0 Å². The molecule has 4 rings (SSSR count). The number of allylic oxidation sites excluding steroid dienone is 1. The van der Waals surface area contributed by atoms with Gasteiger partial charge < -0.3 is 24.6 Å². The fourth-order valence-corrected chi connectivity index (χ4v) is 3.97. The number of benzene rings is 1. The molecule has 0 saturated heterocycles. The summed E-state index contributed by atoms with van der Waals surface area (Å²) in [7, 11) is 3.40. The van der Waals surface area contributed by atoms with Gasteiger partial charge in [0, 0.05) is 56.1 Å². The van der Waals surface area contributed by atoms with Gasteiger partial charge in [-0.1, -0.05) is 0 Å². The van der Waals surface area contributed by atoms with E-state index in [0.29, 0.717) is 51.0 Å². The van der Waals surface area contributed by atoms with Crippen molar-refractivity contribution in [3.05, 3.63) is 53.0 Å². The van der Waals surface area contributed by atoms with E-state index >= 15 is 0 Å². The molecule has 2 aromatic heterocycles. The molecule has 2 N–H and O–H groups in total. The molecule has 0 spiro atoms. The molecule has 1 saturated carbocycles. The van der Waals surface area contributed by atoms with Crippen LogP contribution in [0.4, 0.5) is 0 Å². The van der Waals surface area contributed by atoms with Crippen LogP contribution in [-0.2, 0) is 18.2 Å². The van der Waals surface area contributed by atoms with E-state index in [4.69, 9.17) is 10.1 Å². The number of hydrogen-bond donors (Lipinski definition) is 2. The first kappa shape index (κ1) is 22.0. The molecule has 32 heavy (non-hydrogen) atoms. The normalized spacial score (nSPS) is 14.9. The van der Waals surface area contributed by atoms with Crippen LogP contribution in [-0.4, -0.2) is 45.2 Å². The van der Waals surface area contributed by atoms with Crippen LogP contribution >= 0.6 is 0 Å². The zero-order valence-corrected chi connectivity index (χ0v) is 19.0. The van der Waals surface area contributed by atoms with Gasteiger partial charge in [0.2, 0.25) is 0 Å². The highest BCUT2D eigenvalue weighted by Gasteiger charge is 2.24. The molecule has 8 nitrogen and oxygen atoms in total. The molecule has 0 aliphatic heterocycles. The zero-order chi connectivity index (χ0) is 22.8. The van der Waals surface area contributed by atoms with E-state index in [1.54, 1.807) is 38.8 Å². The Kier molecular flexibility index (Phi) is 6.29. The molecule has 9 heteroatoms. The Morgan fingerprint density at radius 1 is 1.41 bits per heavy atom. The van der Waals surface area contributed by atoms with E-state index < -0.39 is 11.2 Å². The lowest BCUT2D eigenvalue weighted by atomic mass is 10.0. The van der Waals surface area contributed by atoms with Gasteiger partial charge in [0.15, 0.2) is 10.7 Å². The van der Waals surface area contributed by atoms with E-state index in [2.05, 4.69) is 15.3 Å². The third kappa shape index (κ3) is 4.39. The van der Waals surface area contributed by atoms with Crippen molar-refractivity contribution in [2.75, 3.05) is 19.9 Å². The molecule has 1 aliphatic carbocycles. The van der Waals surface area contributed by atoms with Crippen LogP contribution in [0.3, 0.4) is 0 Å². The van der Waals surface area contributed by atoms with Crippen LogP contribution in [0.2, 0.25) is 0 Å². The third-order valence-corrected chi connectivity index (χ3v) is 6.29. The SMILES string of the molecule is CN/C=C(\C=N)c1ncc2c(=O)n(C)cc(-c3cc([S+](C)[O-])ccc3OCC3CC3)c2n1. The van der Waals surface area contributed by atoms with Crippen molar-refractivity contribution < 1.29 is 9.29 Å². The highest BCUT2D eigenvalue weighted by atomic mass is 32.2. The molecule has 3 aromatic rings. The van der Waals surface area contributed by atoms with Crippen LogP contribution in [0.15, 0.2) is 46.5 Å². The van der Waals surface area contributed by atoms with Crippen LogP contribution in [0.1, 0.15) is 18.7 Å². The predicted octanol–water partition coefficient (Wildman–Crippen LogP) is 2.73. The topological polar surface area (TPSA) is 116 Å². The number of pyridine rings is 1. The summed E-state index contributed by atoms with van der Waals surface area (Å²) in [6.45, 7) is 0.619. The number of hydrogen-bond acceptors (Lipinski definition) is 7. The minimum Gasteiger partial charge on any atom is -0.612 e. The largest absolute Gasteiger partial charge is 0.612 e. The maximum absolute atomic E-state index is 12.8. The Labute approximate surface area is 189 Å². The fraction of sp³-hybridized carbons (Fsp3) is 0.304. The van der Waals surface area contributed by atoms with E-state index in [0.717, 1.165) is 24.6 Å². The Morgan fingerprint density at radius 2 is 2.19 bits per heavy atom. The van der Waals surface area contributed by atoms with Crippen molar-refractivity contribution >= 4 is 33.9 Å². The Morgan fingerprint density at radius 3 is 2.84 bits per heavy atom. The maximum Gasteiger partial charge on any atom is 0.261 e. The number of aryl methyl sites for hydroxylation is 1. The van der Waals surface area contributed by atoms with Crippen molar-refractivity contribution in [1.29, 1.82) is 5.41 Å². The summed E-state index contributed by atoms with van der Waals surface area (Å²) < 4.78 is 19.8. The highest BCUT2D eigenvalue weighted by Crippen LogP contribution is 2.37. The Bertz CT molecular complexity index is 1260. The number of nitrogens with zero attached hydrogens (tertiary/aromatic N) is 3. The second-order valence-corrected chi connectivity index (χ2v) is 9.19. The van der Waals surface area contributed by atoms with Crippen molar-refractivity contribution in [3.63, 3.8) is 0 Å². The molecule has 1 unspecified atom stereocenters. The fourth-order valence-electron chi connectivity index (χ4n) is 3.43. The molecule has 2 heterocycles. The summed E-state index contributed by atoms with van der Waals surface area (Å²) in [5.41, 5.74) is 2.11. The first-order valence-corrected chi connectivity index (χ1v) is 11.8. The predicted molar refractivity (Wildman–Crippen MR) is 127 cm³/mol. The molecule has 1 fully saturated rings. The zero-order valence-electron chi connectivity index (χ0n) is 18.2. The summed E-state index contributed by atoms with van der Waals surface area (Å²) in [5.74, 6) is 1.55. The average molecular weight is 452 g/mol. The van der Waals surface area contributed by atoms with E-state index in [-0.39, 0.29) is 5.56 Å². The van der Waals surface area contributed by atoms with Gasteiger partial charge in [0.25, 0.3) is 5.56 Å². The van der Waals surface area contributed by atoms with Crippen LogP contribution in [0.5, 0.6) is 5.75 Å². The number of ether oxygens (including phenoxy) is 1. The summed E-state index contributed by atoms with van der Waals surface area (Å²) in [6.07, 6.45) is 9.94. The smallest absolute Gasteiger partial charge is 0.261 e. The minimum atomic E-state index is -1.18. The quantitative estimate of drug-likeness (QED) is 0.402. The lowest BCUT2D eigenvalue weighted by Crippen LogP contribution is -2.18. The lowest BCUT2D eigenvalue weighted by molar-refractivity contribution is 0.301. The van der Waals surface area contributed by atoms with Gasteiger partial charge in [-0.05, 0) is 42.1 Å². The van der Waals surface area contributed by atoms with Gasteiger partial charge in [-0.25, -0.2) is 9.97 Å². The molecular weight excluding hydrogens is 426 g/mol. The van der Waals surface area contributed by atoms with Crippen LogP contribution < -0.4 is 15.6 Å². The monoisotopic (exact) mass is 451 g/mol. The summed E-state index contributed by atoms with van der Waals surface area (Å²) in [4.78, 5) is 22.4. The number of rotatable bonds is 8. The molecular formula is C23H25N5O3S. The Balaban J connectivity index is 1.97.